The van der Waals surface area contributed by atoms with Gasteiger partial charge in [0.15, 0.2) is 0 Å². The van der Waals surface area contributed by atoms with Crippen molar-refractivity contribution in [1.82, 2.24) is 10.2 Å². The van der Waals surface area contributed by atoms with Crippen molar-refractivity contribution in [2.45, 2.75) is 11.5 Å². The van der Waals surface area contributed by atoms with Gasteiger partial charge in [-0.15, -0.1) is 0 Å². The molecule has 5 nitrogen and oxygen atoms in total. The van der Waals surface area contributed by atoms with Crippen molar-refractivity contribution >= 4 is 29.7 Å². The van der Waals surface area contributed by atoms with Crippen LogP contribution in [0.5, 0.6) is 0 Å². The molecule has 2 aromatic carbocycles. The number of carbonyl (C=O) groups is 1. The minimum absolute atomic E-state index is 0.458. The first-order chi connectivity index (χ1) is 12.8. The molecule has 0 radical (unpaired) electrons. The third-order valence-electron chi connectivity index (χ3n) is 5.26. The Balaban J connectivity index is 1.93. The lowest BCUT2D eigenvalue weighted by Crippen LogP contribution is -2.60. The number of fused-ring (bicyclic) bond motifs is 1. The van der Waals surface area contributed by atoms with Gasteiger partial charge in [-0.05, 0) is 17.2 Å². The van der Waals surface area contributed by atoms with Gasteiger partial charge >= 0.3 is 5.97 Å². The van der Waals surface area contributed by atoms with Gasteiger partial charge in [-0.2, -0.15) is 0 Å². The summed E-state index contributed by atoms with van der Waals surface area (Å²) in [5, 5.41) is 3.33. The van der Waals surface area contributed by atoms with Gasteiger partial charge in [0.2, 0.25) is 0 Å². The molecule has 2 aromatic rings. The standard InChI is InChI=1S/C20H20ClN3O2/c21-26-19(25)18(24-12-10-22-11-13-24)20(15-6-2-1-3-7-15)14-23-17-9-5-4-8-16(17)20/h1-9,14,18,22H,10-13H2. The van der Waals surface area contributed by atoms with Crippen molar-refractivity contribution in [3.05, 3.63) is 65.7 Å². The number of carbonyl (C=O) groups excluding carboxylic acids is 1. The summed E-state index contributed by atoms with van der Waals surface area (Å²) in [6.45, 7) is 3.11. The predicted octanol–water partition coefficient (Wildman–Crippen LogP) is 2.66. The minimum Gasteiger partial charge on any atom is -0.346 e. The van der Waals surface area contributed by atoms with Gasteiger partial charge in [0.05, 0.1) is 11.1 Å². The number of hydrogen-bond donors (Lipinski definition) is 1. The molecule has 0 bridgehead atoms. The fourth-order valence-corrected chi connectivity index (χ4v) is 4.19. The van der Waals surface area contributed by atoms with Crippen LogP contribution in [0.3, 0.4) is 0 Å². The van der Waals surface area contributed by atoms with Crippen LogP contribution in [0.2, 0.25) is 0 Å². The number of rotatable bonds is 4. The molecule has 0 spiro atoms. The highest BCUT2D eigenvalue weighted by atomic mass is 35.5. The molecule has 0 saturated carbocycles. The quantitative estimate of drug-likeness (QED) is 0.900. The number of piperazine rings is 1. The van der Waals surface area contributed by atoms with E-state index < -0.39 is 17.4 Å². The fraction of sp³-hybridized carbons (Fsp3) is 0.300. The smallest absolute Gasteiger partial charge is 0.343 e. The van der Waals surface area contributed by atoms with Gasteiger partial charge in [0.1, 0.15) is 17.9 Å². The summed E-state index contributed by atoms with van der Waals surface area (Å²) in [4.78, 5) is 19.7. The van der Waals surface area contributed by atoms with Crippen LogP contribution in [0.15, 0.2) is 59.6 Å². The Bertz CT molecular complexity index is 821. The molecule has 0 amide bonds. The average molecular weight is 370 g/mol. The van der Waals surface area contributed by atoms with E-state index in [1.165, 1.54) is 0 Å². The van der Waals surface area contributed by atoms with Crippen LogP contribution in [-0.2, 0) is 14.5 Å². The van der Waals surface area contributed by atoms with Crippen LogP contribution in [0.25, 0.3) is 0 Å². The van der Waals surface area contributed by atoms with Crippen LogP contribution >= 0.6 is 11.9 Å². The van der Waals surface area contributed by atoms with E-state index in [0.29, 0.717) is 0 Å². The molecule has 2 heterocycles. The lowest BCUT2D eigenvalue weighted by atomic mass is 9.70. The predicted molar refractivity (Wildman–Crippen MR) is 102 cm³/mol. The Morgan fingerprint density at radius 3 is 2.54 bits per heavy atom. The van der Waals surface area contributed by atoms with Crippen molar-refractivity contribution in [2.24, 2.45) is 4.99 Å². The molecule has 1 N–H and O–H groups in total. The zero-order valence-electron chi connectivity index (χ0n) is 14.3. The number of nitrogens with one attached hydrogen (secondary N) is 1. The number of benzene rings is 2. The van der Waals surface area contributed by atoms with Crippen molar-refractivity contribution in [1.29, 1.82) is 0 Å². The highest BCUT2D eigenvalue weighted by Crippen LogP contribution is 2.45. The first-order valence-corrected chi connectivity index (χ1v) is 9.05. The second-order valence-electron chi connectivity index (χ2n) is 6.60. The van der Waals surface area contributed by atoms with E-state index in [0.717, 1.165) is 43.0 Å². The number of halogens is 1. The van der Waals surface area contributed by atoms with E-state index in [9.17, 15) is 4.79 Å². The van der Waals surface area contributed by atoms with E-state index in [-0.39, 0.29) is 0 Å². The molecule has 26 heavy (non-hydrogen) atoms. The maximum atomic E-state index is 12.9. The molecular weight excluding hydrogens is 350 g/mol. The molecule has 134 valence electrons. The van der Waals surface area contributed by atoms with E-state index in [1.54, 1.807) is 0 Å². The summed E-state index contributed by atoms with van der Waals surface area (Å²) in [5.41, 5.74) is 2.14. The minimum atomic E-state index is -0.735. The van der Waals surface area contributed by atoms with Crippen LogP contribution in [0.4, 0.5) is 5.69 Å². The molecule has 1 fully saturated rings. The lowest BCUT2D eigenvalue weighted by molar-refractivity contribution is -0.141. The molecule has 2 aliphatic rings. The summed E-state index contributed by atoms with van der Waals surface area (Å²) in [7, 11) is 0. The van der Waals surface area contributed by atoms with Gasteiger partial charge in [0.25, 0.3) is 0 Å². The second kappa shape index (κ2) is 7.19. The average Bonchev–Trinajstić information content (AvgIpc) is 3.10. The lowest BCUT2D eigenvalue weighted by Gasteiger charge is -2.42. The molecule has 0 aromatic heterocycles. The number of nitrogens with zero attached hydrogens (tertiary/aromatic N) is 2. The Hall–Kier alpha value is -2.21. The second-order valence-corrected chi connectivity index (χ2v) is 6.75. The van der Waals surface area contributed by atoms with Gasteiger partial charge < -0.3 is 9.61 Å². The highest BCUT2D eigenvalue weighted by Gasteiger charge is 2.52. The van der Waals surface area contributed by atoms with Crippen LogP contribution in [0.1, 0.15) is 11.1 Å². The summed E-state index contributed by atoms with van der Waals surface area (Å²) in [6.07, 6.45) is 1.88. The third kappa shape index (κ3) is 2.72. The van der Waals surface area contributed by atoms with E-state index >= 15 is 0 Å². The molecule has 1 saturated heterocycles. The first kappa shape index (κ1) is 17.2. The maximum Gasteiger partial charge on any atom is 0.343 e. The highest BCUT2D eigenvalue weighted by molar-refractivity contribution is 6.14. The van der Waals surface area contributed by atoms with Gasteiger partial charge in [0, 0.05) is 32.4 Å². The van der Waals surface area contributed by atoms with E-state index in [4.69, 9.17) is 16.2 Å². The zero-order valence-corrected chi connectivity index (χ0v) is 15.0. The molecule has 2 aliphatic heterocycles. The maximum absolute atomic E-state index is 12.9. The van der Waals surface area contributed by atoms with Gasteiger partial charge in [-0.3, -0.25) is 9.89 Å². The van der Waals surface area contributed by atoms with Gasteiger partial charge in [-0.1, -0.05) is 48.5 Å². The Morgan fingerprint density at radius 2 is 1.81 bits per heavy atom. The third-order valence-corrected chi connectivity index (χ3v) is 5.41. The van der Waals surface area contributed by atoms with E-state index in [1.807, 2.05) is 60.8 Å². The molecule has 0 aliphatic carbocycles. The molecular formula is C20H20ClN3O2. The number of aliphatic imine (C=N–C) groups is 1. The number of hydrogen-bond acceptors (Lipinski definition) is 5. The summed E-state index contributed by atoms with van der Waals surface area (Å²) in [5.74, 6) is -0.458. The van der Waals surface area contributed by atoms with Crippen molar-refractivity contribution in [3.8, 4) is 0 Å². The van der Waals surface area contributed by atoms with Crippen molar-refractivity contribution in [2.75, 3.05) is 26.2 Å². The molecule has 6 heteroatoms. The van der Waals surface area contributed by atoms with Crippen LogP contribution in [-0.4, -0.2) is 49.3 Å². The molecule has 2 atom stereocenters. The zero-order chi connectivity index (χ0) is 18.0. The Morgan fingerprint density at radius 1 is 1.12 bits per heavy atom. The normalized spacial score (nSPS) is 23.4. The summed E-state index contributed by atoms with van der Waals surface area (Å²) >= 11 is 5.58. The van der Waals surface area contributed by atoms with Gasteiger partial charge in [-0.25, -0.2) is 4.79 Å². The van der Waals surface area contributed by atoms with Crippen molar-refractivity contribution in [3.63, 3.8) is 0 Å². The molecule has 4 rings (SSSR count). The Kier molecular flexibility index (Phi) is 4.76. The SMILES string of the molecule is O=C(OCl)C(N1CCNCC1)C1(c2ccccc2)C=Nc2ccccc21. The van der Waals surface area contributed by atoms with E-state index in [2.05, 4.69) is 15.2 Å². The molecule has 2 unspecified atom stereocenters. The van der Waals surface area contributed by atoms with Crippen LogP contribution < -0.4 is 5.32 Å². The monoisotopic (exact) mass is 369 g/mol. The first-order valence-electron chi connectivity index (χ1n) is 8.75. The van der Waals surface area contributed by atoms with Crippen molar-refractivity contribution < 1.29 is 9.08 Å². The fourth-order valence-electron chi connectivity index (χ4n) is 4.10. The largest absolute Gasteiger partial charge is 0.346 e. The van der Waals surface area contributed by atoms with Crippen LogP contribution in [0, 0.1) is 0 Å². The Labute approximate surface area is 157 Å². The summed E-state index contributed by atoms with van der Waals surface area (Å²) in [6, 6.07) is 17.3. The number of para-hydroxylation sites is 1. The summed E-state index contributed by atoms with van der Waals surface area (Å²) < 4.78 is 4.75. The topological polar surface area (TPSA) is 53.9 Å².